The number of hydrogen-bond acceptors (Lipinski definition) is 7. The Morgan fingerprint density at radius 2 is 1.83 bits per heavy atom. The molecule has 0 unspecified atom stereocenters. The minimum absolute atomic E-state index is 0.00804. The van der Waals surface area contributed by atoms with Gasteiger partial charge in [-0.3, -0.25) is 9.59 Å². The number of likely N-dealkylation sites (tertiary alicyclic amines) is 1. The number of amides is 3. The van der Waals surface area contributed by atoms with Crippen LogP contribution < -0.4 is 21.7 Å². The van der Waals surface area contributed by atoms with E-state index in [0.29, 0.717) is 43.1 Å². The number of anilines is 3. The summed E-state index contributed by atoms with van der Waals surface area (Å²) in [6.45, 7) is 6.48. The minimum Gasteiger partial charge on any atom is -0.444 e. The molecule has 1 saturated heterocycles. The van der Waals surface area contributed by atoms with E-state index in [9.17, 15) is 18.8 Å². The lowest BCUT2D eigenvalue weighted by molar-refractivity contribution is 0.0210. The van der Waals surface area contributed by atoms with Crippen LogP contribution in [0.1, 0.15) is 54.3 Å². The van der Waals surface area contributed by atoms with Gasteiger partial charge < -0.3 is 31.3 Å². The zero-order valence-electron chi connectivity index (χ0n) is 20.3. The lowest BCUT2D eigenvalue weighted by Crippen LogP contribution is -2.44. The van der Waals surface area contributed by atoms with Gasteiger partial charge >= 0.3 is 6.09 Å². The highest BCUT2D eigenvalue weighted by molar-refractivity contribution is 5.98. The van der Waals surface area contributed by atoms with E-state index in [1.807, 2.05) is 20.8 Å². The van der Waals surface area contributed by atoms with E-state index in [0.717, 1.165) is 0 Å². The maximum atomic E-state index is 14.3. The summed E-state index contributed by atoms with van der Waals surface area (Å²) >= 11 is 0. The van der Waals surface area contributed by atoms with Crippen molar-refractivity contribution in [3.05, 3.63) is 47.4 Å². The Kier molecular flexibility index (Phi) is 7.78. The standard InChI is InChI=1S/C24H31FN6O4/c1-24(2,3)35-23(34)31-9-7-14(8-10-31)29-19-12-20(28-13-17(19)21(26)32)30-15-5-6-16(18(25)11-15)22(33)27-4/h5-6,11-14H,7-10H2,1-4H3,(H2,26,32)(H,27,33)(H2,28,29,30). The molecular formula is C24H31FN6O4. The summed E-state index contributed by atoms with van der Waals surface area (Å²) in [5.74, 6) is -1.49. The van der Waals surface area contributed by atoms with Gasteiger partial charge in [-0.15, -0.1) is 0 Å². The Balaban J connectivity index is 1.70. The maximum absolute atomic E-state index is 14.3. The van der Waals surface area contributed by atoms with Gasteiger partial charge in [-0.2, -0.15) is 0 Å². The van der Waals surface area contributed by atoms with E-state index in [4.69, 9.17) is 10.5 Å². The van der Waals surface area contributed by atoms with Gasteiger partial charge in [0.15, 0.2) is 0 Å². The van der Waals surface area contributed by atoms with Crippen LogP contribution in [0.25, 0.3) is 0 Å². The first-order valence-corrected chi connectivity index (χ1v) is 11.3. The first kappa shape index (κ1) is 25.7. The number of pyridine rings is 1. The molecule has 1 aromatic heterocycles. The van der Waals surface area contributed by atoms with Crippen LogP contribution in [0.15, 0.2) is 30.5 Å². The van der Waals surface area contributed by atoms with Crippen LogP contribution in [-0.2, 0) is 4.74 Å². The highest BCUT2D eigenvalue weighted by atomic mass is 19.1. The first-order chi connectivity index (χ1) is 16.5. The van der Waals surface area contributed by atoms with Crippen LogP contribution in [-0.4, -0.2) is 59.6 Å². The van der Waals surface area contributed by atoms with E-state index in [-0.39, 0.29) is 23.3 Å². The van der Waals surface area contributed by atoms with Gasteiger partial charge in [0.05, 0.1) is 16.8 Å². The Morgan fingerprint density at radius 1 is 1.14 bits per heavy atom. The molecule has 10 nitrogen and oxygen atoms in total. The van der Waals surface area contributed by atoms with Crippen molar-refractivity contribution in [2.45, 2.75) is 45.3 Å². The number of ether oxygens (including phenoxy) is 1. The first-order valence-electron chi connectivity index (χ1n) is 11.3. The van der Waals surface area contributed by atoms with Crippen molar-refractivity contribution in [3.8, 4) is 0 Å². The number of benzene rings is 1. The van der Waals surface area contributed by atoms with E-state index in [1.165, 1.54) is 25.4 Å². The van der Waals surface area contributed by atoms with E-state index < -0.39 is 23.2 Å². The number of nitrogens with zero attached hydrogens (tertiary/aromatic N) is 2. The third-order valence-electron chi connectivity index (χ3n) is 5.39. The molecule has 0 bridgehead atoms. The molecule has 3 amide bonds. The van der Waals surface area contributed by atoms with Gasteiger partial charge in [-0.05, 0) is 51.8 Å². The van der Waals surface area contributed by atoms with Gasteiger partial charge in [0.2, 0.25) is 0 Å². The quantitative estimate of drug-likeness (QED) is 0.492. The summed E-state index contributed by atoms with van der Waals surface area (Å²) in [5.41, 5.74) is 5.96. The molecule has 188 valence electrons. The van der Waals surface area contributed by atoms with Crippen molar-refractivity contribution in [1.29, 1.82) is 0 Å². The lowest BCUT2D eigenvalue weighted by Gasteiger charge is -2.34. The fourth-order valence-electron chi connectivity index (χ4n) is 3.65. The van der Waals surface area contributed by atoms with Crippen molar-refractivity contribution in [3.63, 3.8) is 0 Å². The number of carbonyl (C=O) groups is 3. The topological polar surface area (TPSA) is 139 Å². The number of hydrogen-bond donors (Lipinski definition) is 4. The Morgan fingerprint density at radius 3 is 2.40 bits per heavy atom. The Labute approximate surface area is 203 Å². The van der Waals surface area contributed by atoms with Crippen LogP contribution in [0.2, 0.25) is 0 Å². The number of rotatable bonds is 6. The number of primary amides is 1. The van der Waals surface area contributed by atoms with Crippen LogP contribution in [0, 0.1) is 5.82 Å². The lowest BCUT2D eigenvalue weighted by atomic mass is 10.0. The number of nitrogens with one attached hydrogen (secondary N) is 3. The highest BCUT2D eigenvalue weighted by Crippen LogP contribution is 2.26. The summed E-state index contributed by atoms with van der Waals surface area (Å²) in [7, 11) is 1.42. The summed E-state index contributed by atoms with van der Waals surface area (Å²) in [6, 6.07) is 5.72. The monoisotopic (exact) mass is 486 g/mol. The SMILES string of the molecule is CNC(=O)c1ccc(Nc2cc(NC3CCN(C(=O)OC(C)(C)C)CC3)c(C(N)=O)cn2)cc1F. The highest BCUT2D eigenvalue weighted by Gasteiger charge is 2.27. The van der Waals surface area contributed by atoms with Gasteiger partial charge in [0.25, 0.3) is 11.8 Å². The predicted molar refractivity (Wildman–Crippen MR) is 130 cm³/mol. The maximum Gasteiger partial charge on any atom is 0.410 e. The van der Waals surface area contributed by atoms with Crippen molar-refractivity contribution < 1.29 is 23.5 Å². The number of piperidine rings is 1. The molecule has 1 fully saturated rings. The summed E-state index contributed by atoms with van der Waals surface area (Å²) < 4.78 is 19.7. The number of aromatic nitrogens is 1. The van der Waals surface area contributed by atoms with E-state index >= 15 is 0 Å². The molecular weight excluding hydrogens is 455 g/mol. The van der Waals surface area contributed by atoms with Gasteiger partial charge in [-0.25, -0.2) is 14.2 Å². The van der Waals surface area contributed by atoms with E-state index in [2.05, 4.69) is 20.9 Å². The molecule has 0 radical (unpaired) electrons. The number of nitrogens with two attached hydrogens (primary N) is 1. The third-order valence-corrected chi connectivity index (χ3v) is 5.39. The molecule has 0 saturated carbocycles. The molecule has 5 N–H and O–H groups in total. The van der Waals surface area contributed by atoms with Crippen LogP contribution in [0.4, 0.5) is 26.4 Å². The second-order valence-corrected chi connectivity index (χ2v) is 9.26. The van der Waals surface area contributed by atoms with Crippen LogP contribution >= 0.6 is 0 Å². The second-order valence-electron chi connectivity index (χ2n) is 9.26. The fraction of sp³-hybridized carbons (Fsp3) is 0.417. The van der Waals surface area contributed by atoms with Gasteiger partial charge in [0, 0.05) is 44.1 Å². The van der Waals surface area contributed by atoms with Crippen LogP contribution in [0.3, 0.4) is 0 Å². The molecule has 2 heterocycles. The summed E-state index contributed by atoms with van der Waals surface area (Å²) in [6.07, 6.45) is 2.29. The molecule has 0 atom stereocenters. The third kappa shape index (κ3) is 6.81. The number of halogens is 1. The second kappa shape index (κ2) is 10.6. The molecule has 11 heteroatoms. The molecule has 0 aliphatic carbocycles. The fourth-order valence-corrected chi connectivity index (χ4v) is 3.65. The average molecular weight is 487 g/mol. The zero-order chi connectivity index (χ0) is 25.8. The zero-order valence-corrected chi connectivity index (χ0v) is 20.3. The molecule has 1 aromatic carbocycles. The smallest absolute Gasteiger partial charge is 0.410 e. The minimum atomic E-state index is -0.682. The summed E-state index contributed by atoms with van der Waals surface area (Å²) in [5, 5.41) is 8.67. The predicted octanol–water partition coefficient (Wildman–Crippen LogP) is 3.23. The molecule has 3 rings (SSSR count). The van der Waals surface area contributed by atoms with Crippen molar-refractivity contribution in [2.75, 3.05) is 30.8 Å². The normalized spacial score (nSPS) is 14.3. The number of carbonyl (C=O) groups excluding carboxylic acids is 3. The average Bonchev–Trinajstić information content (AvgIpc) is 2.78. The molecule has 0 spiro atoms. The van der Waals surface area contributed by atoms with Crippen LogP contribution in [0.5, 0.6) is 0 Å². The Hall–Kier alpha value is -3.89. The largest absolute Gasteiger partial charge is 0.444 e. The van der Waals surface area contributed by atoms with E-state index in [1.54, 1.807) is 17.0 Å². The Bertz CT molecular complexity index is 1110. The molecule has 2 aromatic rings. The molecule has 1 aliphatic rings. The van der Waals surface area contributed by atoms with Crippen molar-refractivity contribution in [2.24, 2.45) is 5.73 Å². The van der Waals surface area contributed by atoms with Crippen molar-refractivity contribution in [1.82, 2.24) is 15.2 Å². The van der Waals surface area contributed by atoms with Gasteiger partial charge in [0.1, 0.15) is 17.2 Å². The van der Waals surface area contributed by atoms with Gasteiger partial charge in [-0.1, -0.05) is 0 Å². The molecule has 35 heavy (non-hydrogen) atoms. The summed E-state index contributed by atoms with van der Waals surface area (Å²) in [4.78, 5) is 41.8. The molecule has 1 aliphatic heterocycles. The van der Waals surface area contributed by atoms with Crippen molar-refractivity contribution >= 4 is 35.1 Å².